The van der Waals surface area contributed by atoms with Crippen molar-refractivity contribution < 1.29 is 0 Å². The summed E-state index contributed by atoms with van der Waals surface area (Å²) in [6.45, 7) is 6.52. The standard InChI is InChI=1S/C11H21N5/c1-8(12)10-13-14-15-16(10)9-6-4-5-7-11(9,2)3/h8-9H,4-7,12H2,1-3H3. The van der Waals surface area contributed by atoms with E-state index in [2.05, 4.69) is 29.4 Å². The third-order valence-electron chi connectivity index (χ3n) is 3.67. The summed E-state index contributed by atoms with van der Waals surface area (Å²) in [5.41, 5.74) is 6.15. The van der Waals surface area contributed by atoms with Gasteiger partial charge in [-0.25, -0.2) is 4.68 Å². The molecule has 2 N–H and O–H groups in total. The van der Waals surface area contributed by atoms with Crippen LogP contribution in [0.2, 0.25) is 0 Å². The van der Waals surface area contributed by atoms with Crippen molar-refractivity contribution in [3.8, 4) is 0 Å². The molecule has 0 saturated heterocycles. The van der Waals surface area contributed by atoms with Gasteiger partial charge in [-0.05, 0) is 35.6 Å². The molecule has 1 heterocycles. The molecule has 0 aromatic carbocycles. The molecule has 0 radical (unpaired) electrons. The molecule has 0 bridgehead atoms. The number of rotatable bonds is 2. The van der Waals surface area contributed by atoms with E-state index in [-0.39, 0.29) is 11.5 Å². The van der Waals surface area contributed by atoms with Crippen LogP contribution in [0.5, 0.6) is 0 Å². The zero-order valence-corrected chi connectivity index (χ0v) is 10.3. The van der Waals surface area contributed by atoms with Crippen molar-refractivity contribution in [3.05, 3.63) is 5.82 Å². The van der Waals surface area contributed by atoms with E-state index in [1.54, 1.807) is 0 Å². The summed E-state index contributed by atoms with van der Waals surface area (Å²) in [7, 11) is 0. The van der Waals surface area contributed by atoms with E-state index >= 15 is 0 Å². The fraction of sp³-hybridized carbons (Fsp3) is 0.909. The number of aromatic nitrogens is 4. The van der Waals surface area contributed by atoms with Crippen LogP contribution >= 0.6 is 0 Å². The van der Waals surface area contributed by atoms with Gasteiger partial charge in [0.2, 0.25) is 0 Å². The predicted octanol–water partition coefficient (Wildman–Crippen LogP) is 1.83. The Labute approximate surface area is 96.4 Å². The van der Waals surface area contributed by atoms with Gasteiger partial charge in [0.1, 0.15) is 0 Å². The zero-order valence-electron chi connectivity index (χ0n) is 10.3. The molecular weight excluding hydrogens is 202 g/mol. The smallest absolute Gasteiger partial charge is 0.168 e. The summed E-state index contributed by atoms with van der Waals surface area (Å²) in [6, 6.07) is 0.282. The van der Waals surface area contributed by atoms with E-state index in [0.29, 0.717) is 6.04 Å². The lowest BCUT2D eigenvalue weighted by molar-refractivity contribution is 0.127. The Morgan fingerprint density at radius 2 is 2.19 bits per heavy atom. The van der Waals surface area contributed by atoms with E-state index in [9.17, 15) is 0 Å². The first-order chi connectivity index (χ1) is 7.52. The fourth-order valence-corrected chi connectivity index (χ4v) is 2.65. The van der Waals surface area contributed by atoms with Gasteiger partial charge in [-0.3, -0.25) is 0 Å². The molecule has 90 valence electrons. The summed E-state index contributed by atoms with van der Waals surface area (Å²) in [5.74, 6) is 0.806. The number of hydrogen-bond donors (Lipinski definition) is 1. The van der Waals surface area contributed by atoms with Crippen LogP contribution in [0.1, 0.15) is 64.4 Å². The Balaban J connectivity index is 2.31. The first-order valence-corrected chi connectivity index (χ1v) is 6.06. The van der Waals surface area contributed by atoms with Crippen LogP contribution in [-0.2, 0) is 0 Å². The molecule has 1 aliphatic rings. The van der Waals surface area contributed by atoms with Crippen LogP contribution in [0.4, 0.5) is 0 Å². The molecule has 1 aliphatic carbocycles. The van der Waals surface area contributed by atoms with Gasteiger partial charge in [-0.15, -0.1) is 5.10 Å². The Bertz CT molecular complexity index is 355. The molecule has 0 spiro atoms. The molecule has 1 saturated carbocycles. The van der Waals surface area contributed by atoms with Crippen molar-refractivity contribution in [3.63, 3.8) is 0 Å². The maximum Gasteiger partial charge on any atom is 0.168 e. The highest BCUT2D eigenvalue weighted by atomic mass is 15.6. The fourth-order valence-electron chi connectivity index (χ4n) is 2.65. The van der Waals surface area contributed by atoms with Gasteiger partial charge in [-0.2, -0.15) is 0 Å². The van der Waals surface area contributed by atoms with E-state index in [4.69, 9.17) is 5.73 Å². The van der Waals surface area contributed by atoms with Crippen LogP contribution in [-0.4, -0.2) is 20.2 Å². The van der Waals surface area contributed by atoms with Crippen molar-refractivity contribution >= 4 is 0 Å². The lowest BCUT2D eigenvalue weighted by atomic mass is 9.73. The number of nitrogens with two attached hydrogens (primary N) is 1. The number of tetrazole rings is 1. The second-order valence-electron chi connectivity index (χ2n) is 5.52. The monoisotopic (exact) mass is 223 g/mol. The number of hydrogen-bond acceptors (Lipinski definition) is 4. The molecule has 1 aromatic heterocycles. The second-order valence-corrected chi connectivity index (χ2v) is 5.52. The van der Waals surface area contributed by atoms with Gasteiger partial charge < -0.3 is 5.73 Å². The third kappa shape index (κ3) is 1.96. The highest BCUT2D eigenvalue weighted by molar-refractivity contribution is 4.95. The average Bonchev–Trinajstić information content (AvgIpc) is 2.65. The molecule has 1 fully saturated rings. The largest absolute Gasteiger partial charge is 0.322 e. The molecule has 16 heavy (non-hydrogen) atoms. The molecule has 2 unspecified atom stereocenters. The normalized spacial score (nSPS) is 26.6. The van der Waals surface area contributed by atoms with E-state index in [0.717, 1.165) is 12.2 Å². The highest BCUT2D eigenvalue weighted by Gasteiger charge is 2.36. The molecular formula is C11H21N5. The van der Waals surface area contributed by atoms with Gasteiger partial charge in [0.05, 0.1) is 12.1 Å². The van der Waals surface area contributed by atoms with Crippen molar-refractivity contribution in [2.75, 3.05) is 0 Å². The van der Waals surface area contributed by atoms with Gasteiger partial charge in [-0.1, -0.05) is 26.7 Å². The van der Waals surface area contributed by atoms with Crippen LogP contribution in [0.25, 0.3) is 0 Å². The average molecular weight is 223 g/mol. The van der Waals surface area contributed by atoms with Crippen molar-refractivity contribution in [1.82, 2.24) is 20.2 Å². The zero-order chi connectivity index (χ0) is 11.8. The van der Waals surface area contributed by atoms with Crippen molar-refractivity contribution in [1.29, 1.82) is 0 Å². The van der Waals surface area contributed by atoms with Crippen molar-refractivity contribution in [2.45, 2.75) is 58.5 Å². The summed E-state index contributed by atoms with van der Waals surface area (Å²) in [4.78, 5) is 0. The molecule has 5 heteroatoms. The molecule has 0 aliphatic heterocycles. The molecule has 2 rings (SSSR count). The predicted molar refractivity (Wildman–Crippen MR) is 61.7 cm³/mol. The van der Waals surface area contributed by atoms with Crippen LogP contribution in [0, 0.1) is 5.41 Å². The topological polar surface area (TPSA) is 69.6 Å². The minimum atomic E-state index is -0.104. The summed E-state index contributed by atoms with van der Waals surface area (Å²) in [6.07, 6.45) is 4.94. The first-order valence-electron chi connectivity index (χ1n) is 6.06. The Morgan fingerprint density at radius 1 is 1.44 bits per heavy atom. The Morgan fingerprint density at radius 3 is 2.81 bits per heavy atom. The summed E-state index contributed by atoms with van der Waals surface area (Å²) in [5, 5.41) is 11.9. The van der Waals surface area contributed by atoms with Crippen molar-refractivity contribution in [2.24, 2.45) is 11.1 Å². The lowest BCUT2D eigenvalue weighted by Gasteiger charge is -2.38. The SMILES string of the molecule is CC(N)c1nnnn1C1CCCCC1(C)C. The van der Waals surface area contributed by atoms with E-state index in [1.807, 2.05) is 11.6 Å². The minimum Gasteiger partial charge on any atom is -0.322 e. The summed E-state index contributed by atoms with van der Waals surface area (Å²) < 4.78 is 1.95. The highest BCUT2D eigenvalue weighted by Crippen LogP contribution is 2.43. The maximum absolute atomic E-state index is 5.89. The first kappa shape index (κ1) is 11.5. The molecule has 5 nitrogen and oxygen atoms in total. The lowest BCUT2D eigenvalue weighted by Crippen LogP contribution is -2.33. The number of nitrogens with zero attached hydrogens (tertiary/aromatic N) is 4. The van der Waals surface area contributed by atoms with Crippen LogP contribution in [0.15, 0.2) is 0 Å². The van der Waals surface area contributed by atoms with Gasteiger partial charge in [0.15, 0.2) is 5.82 Å². The second kappa shape index (κ2) is 4.13. The quantitative estimate of drug-likeness (QED) is 0.830. The molecule has 0 amide bonds. The third-order valence-corrected chi connectivity index (χ3v) is 3.67. The molecule has 2 atom stereocenters. The summed E-state index contributed by atoms with van der Waals surface area (Å²) >= 11 is 0. The van der Waals surface area contributed by atoms with E-state index < -0.39 is 0 Å². The minimum absolute atomic E-state index is 0.104. The molecule has 1 aromatic rings. The Hall–Kier alpha value is -0.970. The Kier molecular flexibility index (Phi) is 2.97. The van der Waals surface area contributed by atoms with Crippen LogP contribution < -0.4 is 5.73 Å². The maximum atomic E-state index is 5.89. The van der Waals surface area contributed by atoms with Gasteiger partial charge in [0.25, 0.3) is 0 Å². The van der Waals surface area contributed by atoms with Crippen LogP contribution in [0.3, 0.4) is 0 Å². The van der Waals surface area contributed by atoms with E-state index in [1.165, 1.54) is 19.3 Å². The van der Waals surface area contributed by atoms with Gasteiger partial charge in [0, 0.05) is 0 Å². The van der Waals surface area contributed by atoms with Gasteiger partial charge >= 0.3 is 0 Å².